The highest BCUT2D eigenvalue weighted by atomic mass is 16.5. The molecular formula is C16H18N2O2. The highest BCUT2D eigenvalue weighted by molar-refractivity contribution is 5.99. The summed E-state index contributed by atoms with van der Waals surface area (Å²) in [5.41, 5.74) is 8.83. The molecule has 0 aliphatic rings. The Kier molecular flexibility index (Phi) is 4.25. The van der Waals surface area contributed by atoms with Crippen molar-refractivity contribution in [2.75, 3.05) is 18.2 Å². The number of methoxy groups -OCH3 is 1. The van der Waals surface area contributed by atoms with Crippen LogP contribution in [0.2, 0.25) is 0 Å². The van der Waals surface area contributed by atoms with Crippen molar-refractivity contribution in [2.45, 2.75) is 13.5 Å². The quantitative estimate of drug-likeness (QED) is 0.647. The van der Waals surface area contributed by atoms with Crippen LogP contribution in [0.5, 0.6) is 5.75 Å². The Morgan fingerprint density at radius 1 is 1.25 bits per heavy atom. The number of nitrogens with two attached hydrogens (primary N) is 1. The fourth-order valence-electron chi connectivity index (χ4n) is 2.04. The topological polar surface area (TPSA) is 64.3 Å². The smallest absolute Gasteiger partial charge is 0.161 e. The van der Waals surface area contributed by atoms with Crippen LogP contribution in [-0.2, 0) is 6.54 Å². The maximum Gasteiger partial charge on any atom is 0.161 e. The third-order valence-electron chi connectivity index (χ3n) is 3.11. The molecule has 2 aromatic carbocycles. The van der Waals surface area contributed by atoms with Crippen molar-refractivity contribution < 1.29 is 9.53 Å². The average molecular weight is 270 g/mol. The lowest BCUT2D eigenvalue weighted by Crippen LogP contribution is -2.04. The summed E-state index contributed by atoms with van der Waals surface area (Å²) in [7, 11) is 1.65. The first-order chi connectivity index (χ1) is 9.61. The third-order valence-corrected chi connectivity index (χ3v) is 3.11. The Balaban J connectivity index is 2.11. The lowest BCUT2D eigenvalue weighted by Gasteiger charge is -2.11. The Bertz CT molecular complexity index is 624. The lowest BCUT2D eigenvalue weighted by molar-refractivity contribution is 0.101. The van der Waals surface area contributed by atoms with E-state index in [9.17, 15) is 4.79 Å². The predicted molar refractivity (Wildman–Crippen MR) is 81.2 cm³/mol. The minimum atomic E-state index is -0.0289. The minimum Gasteiger partial charge on any atom is -0.496 e. The second-order valence-corrected chi connectivity index (χ2v) is 4.52. The van der Waals surface area contributed by atoms with Crippen LogP contribution < -0.4 is 15.8 Å². The van der Waals surface area contributed by atoms with Crippen LogP contribution in [0.15, 0.2) is 42.5 Å². The zero-order valence-electron chi connectivity index (χ0n) is 11.6. The summed E-state index contributed by atoms with van der Waals surface area (Å²) in [6, 6.07) is 13.2. The number of benzene rings is 2. The molecule has 0 aromatic heterocycles. The number of ketones is 1. The third kappa shape index (κ3) is 3.09. The molecule has 0 saturated carbocycles. The van der Waals surface area contributed by atoms with Gasteiger partial charge in [0.15, 0.2) is 5.78 Å². The van der Waals surface area contributed by atoms with Crippen LogP contribution in [0.3, 0.4) is 0 Å². The van der Waals surface area contributed by atoms with Crippen molar-refractivity contribution in [3.05, 3.63) is 53.6 Å². The minimum absolute atomic E-state index is 0.0289. The molecule has 0 bridgehead atoms. The van der Waals surface area contributed by atoms with Gasteiger partial charge in [-0.1, -0.05) is 18.2 Å². The molecule has 4 nitrogen and oxygen atoms in total. The van der Waals surface area contributed by atoms with Crippen molar-refractivity contribution in [3.8, 4) is 5.75 Å². The Morgan fingerprint density at radius 2 is 2.00 bits per heavy atom. The molecule has 4 heteroatoms. The Morgan fingerprint density at radius 3 is 2.65 bits per heavy atom. The molecule has 20 heavy (non-hydrogen) atoms. The molecule has 3 N–H and O–H groups in total. The number of nitrogen functional groups attached to an aromatic ring is 1. The molecule has 0 fully saturated rings. The van der Waals surface area contributed by atoms with Gasteiger partial charge in [0.25, 0.3) is 0 Å². The molecule has 0 amide bonds. The standard InChI is InChI=1S/C16H18N2O2/c1-11(19)14-8-7-13(9-15(14)17)18-10-12-5-3-4-6-16(12)20-2/h3-9,18H,10,17H2,1-2H3. The number of para-hydroxylation sites is 1. The van der Waals surface area contributed by atoms with Gasteiger partial charge in [0.05, 0.1) is 7.11 Å². The summed E-state index contributed by atoms with van der Waals surface area (Å²) in [6.45, 7) is 2.14. The van der Waals surface area contributed by atoms with Crippen LogP contribution in [-0.4, -0.2) is 12.9 Å². The first-order valence-corrected chi connectivity index (χ1v) is 6.38. The molecule has 0 spiro atoms. The fourth-order valence-corrected chi connectivity index (χ4v) is 2.04. The fraction of sp³-hybridized carbons (Fsp3) is 0.188. The molecule has 0 atom stereocenters. The van der Waals surface area contributed by atoms with Crippen molar-refractivity contribution in [3.63, 3.8) is 0 Å². The zero-order chi connectivity index (χ0) is 14.5. The second kappa shape index (κ2) is 6.10. The maximum absolute atomic E-state index is 11.3. The predicted octanol–water partition coefficient (Wildman–Crippen LogP) is 3.09. The molecule has 0 aliphatic carbocycles. The molecule has 2 rings (SSSR count). The van der Waals surface area contributed by atoms with Crippen LogP contribution in [0, 0.1) is 0 Å². The molecule has 0 heterocycles. The Hall–Kier alpha value is -2.49. The maximum atomic E-state index is 11.3. The van der Waals surface area contributed by atoms with E-state index in [1.54, 1.807) is 19.2 Å². The van der Waals surface area contributed by atoms with E-state index < -0.39 is 0 Å². The van der Waals surface area contributed by atoms with Gasteiger partial charge in [-0.2, -0.15) is 0 Å². The van der Waals surface area contributed by atoms with Crippen molar-refractivity contribution in [2.24, 2.45) is 0 Å². The van der Waals surface area contributed by atoms with Gasteiger partial charge in [0.2, 0.25) is 0 Å². The van der Waals surface area contributed by atoms with Gasteiger partial charge in [-0.15, -0.1) is 0 Å². The van der Waals surface area contributed by atoms with E-state index >= 15 is 0 Å². The number of anilines is 2. The summed E-state index contributed by atoms with van der Waals surface area (Å²) >= 11 is 0. The zero-order valence-corrected chi connectivity index (χ0v) is 11.6. The number of carbonyl (C=O) groups is 1. The van der Waals surface area contributed by atoms with Crippen molar-refractivity contribution >= 4 is 17.2 Å². The molecule has 0 unspecified atom stereocenters. The number of hydrogen-bond acceptors (Lipinski definition) is 4. The summed E-state index contributed by atoms with van der Waals surface area (Å²) in [5, 5.41) is 3.27. The van der Waals surface area contributed by atoms with Crippen LogP contribution in [0.1, 0.15) is 22.8 Å². The highest BCUT2D eigenvalue weighted by Crippen LogP contribution is 2.21. The lowest BCUT2D eigenvalue weighted by atomic mass is 10.1. The molecule has 0 saturated heterocycles. The largest absolute Gasteiger partial charge is 0.496 e. The van der Waals surface area contributed by atoms with Gasteiger partial charge < -0.3 is 15.8 Å². The van der Waals surface area contributed by atoms with Gasteiger partial charge in [-0.05, 0) is 31.2 Å². The van der Waals surface area contributed by atoms with E-state index in [1.807, 2.05) is 30.3 Å². The van der Waals surface area contributed by atoms with E-state index in [4.69, 9.17) is 10.5 Å². The number of ether oxygens (including phenoxy) is 1. The second-order valence-electron chi connectivity index (χ2n) is 4.52. The molecular weight excluding hydrogens is 252 g/mol. The summed E-state index contributed by atoms with van der Waals surface area (Å²) in [4.78, 5) is 11.3. The summed E-state index contributed by atoms with van der Waals surface area (Å²) in [5.74, 6) is 0.812. The number of carbonyl (C=O) groups excluding carboxylic acids is 1. The molecule has 0 radical (unpaired) electrons. The monoisotopic (exact) mass is 270 g/mol. The van der Waals surface area contributed by atoms with Gasteiger partial charge >= 0.3 is 0 Å². The molecule has 104 valence electrons. The molecule has 2 aromatic rings. The van der Waals surface area contributed by atoms with Gasteiger partial charge in [0.1, 0.15) is 5.75 Å². The summed E-state index contributed by atoms with van der Waals surface area (Å²) in [6.07, 6.45) is 0. The first-order valence-electron chi connectivity index (χ1n) is 6.38. The van der Waals surface area contributed by atoms with Crippen LogP contribution in [0.25, 0.3) is 0 Å². The van der Waals surface area contributed by atoms with E-state index in [-0.39, 0.29) is 5.78 Å². The van der Waals surface area contributed by atoms with E-state index in [0.29, 0.717) is 17.8 Å². The number of hydrogen-bond donors (Lipinski definition) is 2. The average Bonchev–Trinajstić information content (AvgIpc) is 2.45. The number of rotatable bonds is 5. The van der Waals surface area contributed by atoms with Gasteiger partial charge in [-0.3, -0.25) is 4.79 Å². The normalized spacial score (nSPS) is 10.1. The van der Waals surface area contributed by atoms with Crippen molar-refractivity contribution in [1.29, 1.82) is 0 Å². The Labute approximate surface area is 118 Å². The van der Waals surface area contributed by atoms with E-state index in [2.05, 4.69) is 5.32 Å². The number of nitrogens with one attached hydrogen (secondary N) is 1. The molecule has 0 aliphatic heterocycles. The van der Waals surface area contributed by atoms with Gasteiger partial charge in [-0.25, -0.2) is 0 Å². The highest BCUT2D eigenvalue weighted by Gasteiger charge is 2.06. The van der Waals surface area contributed by atoms with E-state index in [1.165, 1.54) is 6.92 Å². The first kappa shape index (κ1) is 13.9. The van der Waals surface area contributed by atoms with Crippen LogP contribution >= 0.6 is 0 Å². The van der Waals surface area contributed by atoms with Gasteiger partial charge in [0, 0.05) is 29.0 Å². The number of Topliss-reactive ketones (excluding diaryl/α,β-unsaturated/α-hetero) is 1. The SMILES string of the molecule is COc1ccccc1CNc1ccc(C(C)=O)c(N)c1. The van der Waals surface area contributed by atoms with Crippen molar-refractivity contribution in [1.82, 2.24) is 0 Å². The van der Waals surface area contributed by atoms with Crippen LogP contribution in [0.4, 0.5) is 11.4 Å². The van der Waals surface area contributed by atoms with E-state index in [0.717, 1.165) is 17.0 Å². The summed E-state index contributed by atoms with van der Waals surface area (Å²) < 4.78 is 5.30.